The molecule has 0 aliphatic carbocycles. The number of nitrogens with zero attached hydrogens (tertiary/aromatic N) is 1. The minimum atomic E-state index is -0.981. The lowest BCUT2D eigenvalue weighted by molar-refractivity contribution is -0.136. The standard InChI is InChI=1S/C11H7ClFNO2/c12-9-4-7(5-11(15)16)14-10-2-1-6(13)3-8(9)10/h1-4H,5H2,(H,15,16). The van der Waals surface area contributed by atoms with Crippen LogP contribution in [-0.2, 0) is 11.2 Å². The Kier molecular flexibility index (Phi) is 2.75. The molecule has 1 N–H and O–H groups in total. The molecule has 0 radical (unpaired) electrons. The van der Waals surface area contributed by atoms with Crippen molar-refractivity contribution in [1.29, 1.82) is 0 Å². The SMILES string of the molecule is O=C(O)Cc1cc(Cl)c2cc(F)ccc2n1. The van der Waals surface area contributed by atoms with Crippen LogP contribution in [-0.4, -0.2) is 16.1 Å². The summed E-state index contributed by atoms with van der Waals surface area (Å²) in [5, 5.41) is 9.42. The molecule has 0 spiro atoms. The van der Waals surface area contributed by atoms with Gasteiger partial charge in [-0.3, -0.25) is 9.78 Å². The van der Waals surface area contributed by atoms with E-state index in [-0.39, 0.29) is 6.42 Å². The van der Waals surface area contributed by atoms with Gasteiger partial charge in [0, 0.05) is 5.39 Å². The summed E-state index contributed by atoms with van der Waals surface area (Å²) in [6, 6.07) is 5.45. The maximum atomic E-state index is 12.9. The highest BCUT2D eigenvalue weighted by molar-refractivity contribution is 6.35. The van der Waals surface area contributed by atoms with E-state index in [1.165, 1.54) is 24.3 Å². The number of fused-ring (bicyclic) bond motifs is 1. The van der Waals surface area contributed by atoms with Crippen LogP contribution in [0.2, 0.25) is 5.02 Å². The number of hydrogen-bond donors (Lipinski definition) is 1. The van der Waals surface area contributed by atoms with Crippen molar-refractivity contribution in [1.82, 2.24) is 4.98 Å². The molecular formula is C11H7ClFNO2. The smallest absolute Gasteiger partial charge is 0.309 e. The Morgan fingerprint density at radius 3 is 2.88 bits per heavy atom. The van der Waals surface area contributed by atoms with Gasteiger partial charge in [-0.05, 0) is 24.3 Å². The number of rotatable bonds is 2. The summed E-state index contributed by atoms with van der Waals surface area (Å²) in [5.41, 5.74) is 0.849. The topological polar surface area (TPSA) is 50.2 Å². The van der Waals surface area contributed by atoms with Gasteiger partial charge in [-0.2, -0.15) is 0 Å². The third-order valence-corrected chi connectivity index (χ3v) is 2.42. The third kappa shape index (κ3) is 2.12. The molecule has 0 saturated carbocycles. The van der Waals surface area contributed by atoms with E-state index in [0.29, 0.717) is 21.6 Å². The Labute approximate surface area is 95.5 Å². The lowest BCUT2D eigenvalue weighted by Gasteiger charge is -2.03. The second kappa shape index (κ2) is 4.06. The fourth-order valence-electron chi connectivity index (χ4n) is 1.45. The molecule has 82 valence electrons. The average Bonchev–Trinajstić information content (AvgIpc) is 2.18. The molecular weight excluding hydrogens is 233 g/mol. The van der Waals surface area contributed by atoms with Crippen molar-refractivity contribution >= 4 is 28.5 Å². The molecule has 0 bridgehead atoms. The van der Waals surface area contributed by atoms with Crippen molar-refractivity contribution in [2.45, 2.75) is 6.42 Å². The van der Waals surface area contributed by atoms with Crippen LogP contribution in [0.1, 0.15) is 5.69 Å². The summed E-state index contributed by atoms with van der Waals surface area (Å²) in [4.78, 5) is 14.6. The predicted molar refractivity (Wildman–Crippen MR) is 58.1 cm³/mol. The lowest BCUT2D eigenvalue weighted by Crippen LogP contribution is -2.02. The third-order valence-electron chi connectivity index (χ3n) is 2.11. The van der Waals surface area contributed by atoms with Crippen LogP contribution in [0.3, 0.4) is 0 Å². The number of benzene rings is 1. The van der Waals surface area contributed by atoms with E-state index in [9.17, 15) is 9.18 Å². The van der Waals surface area contributed by atoms with Gasteiger partial charge in [-0.1, -0.05) is 11.6 Å². The largest absolute Gasteiger partial charge is 0.481 e. The van der Waals surface area contributed by atoms with Crippen LogP contribution >= 0.6 is 11.6 Å². The summed E-state index contributed by atoms with van der Waals surface area (Å²) in [7, 11) is 0. The van der Waals surface area contributed by atoms with Gasteiger partial charge in [0.05, 0.1) is 22.7 Å². The zero-order valence-electron chi connectivity index (χ0n) is 8.08. The molecule has 0 aliphatic rings. The first-order chi connectivity index (χ1) is 7.56. The van der Waals surface area contributed by atoms with Crippen LogP contribution in [0.15, 0.2) is 24.3 Å². The minimum Gasteiger partial charge on any atom is -0.481 e. The first kappa shape index (κ1) is 10.8. The van der Waals surface area contributed by atoms with Gasteiger partial charge in [0.2, 0.25) is 0 Å². The van der Waals surface area contributed by atoms with Crippen LogP contribution in [0.5, 0.6) is 0 Å². The van der Waals surface area contributed by atoms with Crippen molar-refractivity contribution in [3.05, 3.63) is 40.8 Å². The van der Waals surface area contributed by atoms with Crippen molar-refractivity contribution in [2.24, 2.45) is 0 Å². The van der Waals surface area contributed by atoms with Crippen LogP contribution in [0.25, 0.3) is 10.9 Å². The molecule has 5 heteroatoms. The second-order valence-electron chi connectivity index (χ2n) is 3.33. The van der Waals surface area contributed by atoms with Crippen LogP contribution in [0.4, 0.5) is 4.39 Å². The Bertz CT molecular complexity index is 571. The molecule has 0 unspecified atom stereocenters. The number of aliphatic carboxylic acids is 1. The van der Waals surface area contributed by atoms with Crippen LogP contribution in [0, 0.1) is 5.82 Å². The summed E-state index contributed by atoms with van der Waals surface area (Å²) in [6.07, 6.45) is -0.201. The molecule has 0 fully saturated rings. The molecule has 16 heavy (non-hydrogen) atoms. The second-order valence-corrected chi connectivity index (χ2v) is 3.73. The molecule has 0 atom stereocenters. The first-order valence-corrected chi connectivity index (χ1v) is 4.90. The number of halogens is 2. The maximum absolute atomic E-state index is 12.9. The first-order valence-electron chi connectivity index (χ1n) is 4.53. The fourth-order valence-corrected chi connectivity index (χ4v) is 1.73. The Morgan fingerprint density at radius 1 is 1.44 bits per heavy atom. The van der Waals surface area contributed by atoms with Gasteiger partial charge in [0.15, 0.2) is 0 Å². The number of aromatic nitrogens is 1. The molecule has 1 heterocycles. The Hall–Kier alpha value is -1.68. The van der Waals surface area contributed by atoms with E-state index in [4.69, 9.17) is 16.7 Å². The number of carboxylic acid groups (broad SMARTS) is 1. The Morgan fingerprint density at radius 2 is 2.19 bits per heavy atom. The van der Waals surface area contributed by atoms with E-state index in [1.54, 1.807) is 0 Å². The monoisotopic (exact) mass is 239 g/mol. The lowest BCUT2D eigenvalue weighted by atomic mass is 10.1. The number of carboxylic acids is 1. The summed E-state index contributed by atoms with van der Waals surface area (Å²) in [5.74, 6) is -1.38. The summed E-state index contributed by atoms with van der Waals surface area (Å²) < 4.78 is 12.9. The molecule has 2 rings (SSSR count). The van der Waals surface area contributed by atoms with Gasteiger partial charge < -0.3 is 5.11 Å². The van der Waals surface area contributed by atoms with Gasteiger partial charge in [0.1, 0.15) is 5.82 Å². The normalized spacial score (nSPS) is 10.6. The Balaban J connectivity index is 2.59. The highest BCUT2D eigenvalue weighted by Crippen LogP contribution is 2.24. The highest BCUT2D eigenvalue weighted by atomic mass is 35.5. The zero-order valence-corrected chi connectivity index (χ0v) is 8.83. The number of carbonyl (C=O) groups is 1. The van der Waals surface area contributed by atoms with E-state index in [2.05, 4.69) is 4.98 Å². The molecule has 1 aromatic heterocycles. The van der Waals surface area contributed by atoms with Gasteiger partial charge in [-0.25, -0.2) is 4.39 Å². The molecule has 1 aromatic carbocycles. The summed E-state index contributed by atoms with van der Waals surface area (Å²) >= 11 is 5.92. The predicted octanol–water partition coefficient (Wildman–Crippen LogP) is 2.65. The summed E-state index contributed by atoms with van der Waals surface area (Å²) in [6.45, 7) is 0. The molecule has 0 aliphatic heterocycles. The molecule has 0 amide bonds. The molecule has 0 saturated heterocycles. The van der Waals surface area contributed by atoms with Crippen LogP contribution < -0.4 is 0 Å². The number of pyridine rings is 1. The van der Waals surface area contributed by atoms with Gasteiger partial charge in [0.25, 0.3) is 0 Å². The van der Waals surface area contributed by atoms with E-state index in [1.807, 2.05) is 0 Å². The van der Waals surface area contributed by atoms with E-state index in [0.717, 1.165) is 0 Å². The van der Waals surface area contributed by atoms with Gasteiger partial charge in [-0.15, -0.1) is 0 Å². The average molecular weight is 240 g/mol. The van der Waals surface area contributed by atoms with E-state index >= 15 is 0 Å². The van der Waals surface area contributed by atoms with Crippen molar-refractivity contribution < 1.29 is 14.3 Å². The fraction of sp³-hybridized carbons (Fsp3) is 0.0909. The quantitative estimate of drug-likeness (QED) is 0.877. The zero-order chi connectivity index (χ0) is 11.7. The van der Waals surface area contributed by atoms with Crippen molar-refractivity contribution in [3.8, 4) is 0 Å². The maximum Gasteiger partial charge on any atom is 0.309 e. The highest BCUT2D eigenvalue weighted by Gasteiger charge is 2.08. The molecule has 3 nitrogen and oxygen atoms in total. The molecule has 2 aromatic rings. The number of hydrogen-bond acceptors (Lipinski definition) is 2. The van der Waals surface area contributed by atoms with Crippen molar-refractivity contribution in [2.75, 3.05) is 0 Å². The van der Waals surface area contributed by atoms with Crippen molar-refractivity contribution in [3.63, 3.8) is 0 Å². The van der Waals surface area contributed by atoms with Gasteiger partial charge >= 0.3 is 5.97 Å². The van der Waals surface area contributed by atoms with E-state index < -0.39 is 11.8 Å². The minimum absolute atomic E-state index is 0.201.